The molecule has 114 valence electrons. The van der Waals surface area contributed by atoms with E-state index in [9.17, 15) is 0 Å². The van der Waals surface area contributed by atoms with Gasteiger partial charge in [0, 0.05) is 17.1 Å². The van der Waals surface area contributed by atoms with E-state index >= 15 is 0 Å². The summed E-state index contributed by atoms with van der Waals surface area (Å²) in [5.41, 5.74) is 7.29. The highest BCUT2D eigenvalue weighted by molar-refractivity contribution is 6.31. The third kappa shape index (κ3) is 3.49. The summed E-state index contributed by atoms with van der Waals surface area (Å²) in [5, 5.41) is 0.774. The molecular formula is C17H23ClN2O. The summed E-state index contributed by atoms with van der Waals surface area (Å²) in [5.74, 6) is 1.79. The molecule has 3 unspecified atom stereocenters. The molecule has 1 heterocycles. The largest absolute Gasteiger partial charge is 0.465 e. The summed E-state index contributed by atoms with van der Waals surface area (Å²) >= 11 is 6.32. The van der Waals surface area contributed by atoms with E-state index in [1.165, 1.54) is 0 Å². The van der Waals surface area contributed by atoms with Crippen LogP contribution in [0.3, 0.4) is 0 Å². The zero-order valence-electron chi connectivity index (χ0n) is 13.0. The van der Waals surface area contributed by atoms with Crippen LogP contribution in [0.1, 0.15) is 43.0 Å². The molecule has 0 aliphatic carbocycles. The van der Waals surface area contributed by atoms with E-state index in [4.69, 9.17) is 21.8 Å². The lowest BCUT2D eigenvalue weighted by Gasteiger charge is -2.34. The second-order valence-corrected chi connectivity index (χ2v) is 6.02. The Balaban J connectivity index is 2.31. The topological polar surface area (TPSA) is 42.4 Å². The van der Waals surface area contributed by atoms with Crippen molar-refractivity contribution in [2.24, 2.45) is 5.73 Å². The van der Waals surface area contributed by atoms with Gasteiger partial charge >= 0.3 is 0 Å². The van der Waals surface area contributed by atoms with E-state index < -0.39 is 0 Å². The van der Waals surface area contributed by atoms with Gasteiger partial charge in [-0.25, -0.2) is 0 Å². The minimum atomic E-state index is -0.0505. The first-order valence-electron chi connectivity index (χ1n) is 7.20. The smallest absolute Gasteiger partial charge is 0.122 e. The van der Waals surface area contributed by atoms with Gasteiger partial charge in [0.05, 0.1) is 6.04 Å². The summed E-state index contributed by atoms with van der Waals surface area (Å²) in [6.45, 7) is 6.07. The van der Waals surface area contributed by atoms with Crippen molar-refractivity contribution in [3.63, 3.8) is 0 Å². The van der Waals surface area contributed by atoms with Crippen molar-refractivity contribution in [2.45, 2.75) is 38.9 Å². The Morgan fingerprint density at radius 3 is 2.33 bits per heavy atom. The molecule has 0 amide bonds. The average molecular weight is 307 g/mol. The van der Waals surface area contributed by atoms with Gasteiger partial charge in [0.15, 0.2) is 0 Å². The fourth-order valence-corrected chi connectivity index (χ4v) is 3.01. The molecule has 0 saturated heterocycles. The number of rotatable bonds is 5. The maximum absolute atomic E-state index is 6.32. The molecule has 0 aliphatic rings. The van der Waals surface area contributed by atoms with Gasteiger partial charge in [0.25, 0.3) is 0 Å². The summed E-state index contributed by atoms with van der Waals surface area (Å²) in [6, 6.07) is 12.0. The zero-order chi connectivity index (χ0) is 15.6. The second kappa shape index (κ2) is 6.65. The maximum atomic E-state index is 6.32. The molecule has 2 rings (SSSR count). The Labute approximate surface area is 131 Å². The second-order valence-electron chi connectivity index (χ2n) is 5.62. The monoisotopic (exact) mass is 306 g/mol. The fraction of sp³-hybridized carbons (Fsp3) is 0.412. The lowest BCUT2D eigenvalue weighted by Crippen LogP contribution is -2.38. The normalized spacial score (nSPS) is 16.0. The van der Waals surface area contributed by atoms with Crippen molar-refractivity contribution in [1.29, 1.82) is 0 Å². The van der Waals surface area contributed by atoms with Gasteiger partial charge in [-0.3, -0.25) is 4.90 Å². The van der Waals surface area contributed by atoms with Crippen molar-refractivity contribution in [3.05, 3.63) is 58.5 Å². The highest BCUT2D eigenvalue weighted by Crippen LogP contribution is 2.34. The molecule has 1 aromatic heterocycles. The summed E-state index contributed by atoms with van der Waals surface area (Å²) in [7, 11) is 2.06. The van der Waals surface area contributed by atoms with Gasteiger partial charge in [-0.1, -0.05) is 29.8 Å². The van der Waals surface area contributed by atoms with Crippen molar-refractivity contribution in [2.75, 3.05) is 7.05 Å². The first-order chi connectivity index (χ1) is 9.91. The van der Waals surface area contributed by atoms with Crippen LogP contribution in [0, 0.1) is 6.92 Å². The fourth-order valence-electron chi connectivity index (χ4n) is 2.72. The van der Waals surface area contributed by atoms with Crippen LogP contribution >= 0.6 is 11.6 Å². The van der Waals surface area contributed by atoms with Crippen molar-refractivity contribution < 1.29 is 4.42 Å². The molecule has 2 N–H and O–H groups in total. The van der Waals surface area contributed by atoms with Crippen LogP contribution < -0.4 is 5.73 Å². The average Bonchev–Trinajstić information content (AvgIpc) is 2.84. The van der Waals surface area contributed by atoms with Gasteiger partial charge in [-0.2, -0.15) is 0 Å². The number of likely N-dealkylation sites (N-methyl/N-ethyl adjacent to an activating group) is 1. The lowest BCUT2D eigenvalue weighted by molar-refractivity contribution is 0.144. The minimum absolute atomic E-state index is 0.00460. The van der Waals surface area contributed by atoms with E-state index in [0.717, 1.165) is 22.1 Å². The van der Waals surface area contributed by atoms with Gasteiger partial charge in [-0.05, 0) is 51.6 Å². The maximum Gasteiger partial charge on any atom is 0.122 e. The molecule has 0 bridgehead atoms. The molecule has 4 heteroatoms. The Bertz CT molecular complexity index is 594. The van der Waals surface area contributed by atoms with Crippen LogP contribution in [0.5, 0.6) is 0 Å². The molecule has 0 radical (unpaired) electrons. The van der Waals surface area contributed by atoms with Crippen molar-refractivity contribution in [3.8, 4) is 0 Å². The Morgan fingerprint density at radius 1 is 1.14 bits per heavy atom. The Hall–Kier alpha value is -1.29. The predicted molar refractivity (Wildman–Crippen MR) is 87.5 cm³/mol. The zero-order valence-corrected chi connectivity index (χ0v) is 13.8. The number of nitrogens with two attached hydrogens (primary N) is 1. The predicted octanol–water partition coefficient (Wildman–Crippen LogP) is 4.32. The van der Waals surface area contributed by atoms with Crippen LogP contribution in [0.25, 0.3) is 0 Å². The third-order valence-corrected chi connectivity index (χ3v) is 4.30. The highest BCUT2D eigenvalue weighted by Gasteiger charge is 2.28. The van der Waals surface area contributed by atoms with Crippen LogP contribution in [0.2, 0.25) is 5.02 Å². The molecule has 1 aromatic carbocycles. The number of benzene rings is 1. The Kier molecular flexibility index (Phi) is 5.09. The number of aryl methyl sites for hydroxylation is 1. The standard InChI is InChI=1S/C17H23ClN2O/c1-11-9-10-16(21-11)17(12(2)19)20(4)13(3)14-7-5-6-8-15(14)18/h5-10,12-13,17H,19H2,1-4H3. The van der Waals surface area contributed by atoms with E-state index in [1.54, 1.807) is 0 Å². The van der Waals surface area contributed by atoms with Crippen LogP contribution in [-0.4, -0.2) is 18.0 Å². The summed E-state index contributed by atoms with van der Waals surface area (Å²) < 4.78 is 5.79. The summed E-state index contributed by atoms with van der Waals surface area (Å²) in [6.07, 6.45) is 0. The number of halogens is 1. The number of nitrogens with zero attached hydrogens (tertiary/aromatic N) is 1. The quantitative estimate of drug-likeness (QED) is 0.894. The van der Waals surface area contributed by atoms with E-state index in [0.29, 0.717) is 0 Å². The molecule has 0 saturated carbocycles. The number of hydrogen-bond acceptors (Lipinski definition) is 3. The van der Waals surface area contributed by atoms with Crippen LogP contribution in [-0.2, 0) is 0 Å². The molecule has 0 aliphatic heterocycles. The van der Waals surface area contributed by atoms with Crippen molar-refractivity contribution in [1.82, 2.24) is 4.90 Å². The highest BCUT2D eigenvalue weighted by atomic mass is 35.5. The van der Waals surface area contributed by atoms with E-state index in [-0.39, 0.29) is 18.1 Å². The van der Waals surface area contributed by atoms with E-state index in [1.807, 2.05) is 44.2 Å². The van der Waals surface area contributed by atoms with Crippen molar-refractivity contribution >= 4 is 11.6 Å². The SMILES string of the molecule is Cc1ccc(C(C(C)N)N(C)C(C)c2ccccc2Cl)o1. The van der Waals surface area contributed by atoms with Gasteiger partial charge in [0.2, 0.25) is 0 Å². The van der Waals surface area contributed by atoms with Gasteiger partial charge in [-0.15, -0.1) is 0 Å². The van der Waals surface area contributed by atoms with Gasteiger partial charge < -0.3 is 10.2 Å². The molecule has 0 spiro atoms. The number of hydrogen-bond donors (Lipinski definition) is 1. The molecule has 21 heavy (non-hydrogen) atoms. The number of furan rings is 1. The molecule has 3 nitrogen and oxygen atoms in total. The van der Waals surface area contributed by atoms with Crippen LogP contribution in [0.4, 0.5) is 0 Å². The lowest BCUT2D eigenvalue weighted by atomic mass is 10.0. The van der Waals surface area contributed by atoms with Crippen LogP contribution in [0.15, 0.2) is 40.8 Å². The third-order valence-electron chi connectivity index (χ3n) is 3.96. The minimum Gasteiger partial charge on any atom is -0.465 e. The molecule has 0 fully saturated rings. The summed E-state index contributed by atoms with van der Waals surface area (Å²) in [4.78, 5) is 2.21. The van der Waals surface area contributed by atoms with Gasteiger partial charge in [0.1, 0.15) is 11.5 Å². The van der Waals surface area contributed by atoms with E-state index in [2.05, 4.69) is 24.9 Å². The Morgan fingerprint density at radius 2 is 1.81 bits per heavy atom. The molecule has 3 atom stereocenters. The first kappa shape index (κ1) is 16.1. The molecular weight excluding hydrogens is 284 g/mol. The molecule has 2 aromatic rings. The first-order valence-corrected chi connectivity index (χ1v) is 7.58.